The van der Waals surface area contributed by atoms with Gasteiger partial charge in [-0.2, -0.15) is 0 Å². The van der Waals surface area contributed by atoms with Gasteiger partial charge in [0.1, 0.15) is 5.75 Å². The van der Waals surface area contributed by atoms with E-state index >= 15 is 0 Å². The Balaban J connectivity index is 1.56. The number of fused-ring (bicyclic) bond motifs is 1. The smallest absolute Gasteiger partial charge is 0.250 e. The summed E-state index contributed by atoms with van der Waals surface area (Å²) in [6, 6.07) is 7.72. The molecule has 0 aliphatic heterocycles. The van der Waals surface area contributed by atoms with Gasteiger partial charge in [0.2, 0.25) is 5.91 Å². The Kier molecular flexibility index (Phi) is 5.64. The molecule has 1 aromatic heterocycles. The Labute approximate surface area is 146 Å². The van der Waals surface area contributed by atoms with E-state index in [9.17, 15) is 4.79 Å². The van der Waals surface area contributed by atoms with Crippen LogP contribution in [0.25, 0.3) is 6.08 Å². The number of aryl methyl sites for hydroxylation is 2. The minimum Gasteiger partial charge on any atom is -0.494 e. The molecule has 1 heterocycles. The van der Waals surface area contributed by atoms with Crippen LogP contribution >= 0.6 is 11.3 Å². The van der Waals surface area contributed by atoms with Crippen LogP contribution in [0.2, 0.25) is 0 Å². The molecule has 0 spiro atoms. The number of rotatable bonds is 6. The summed E-state index contributed by atoms with van der Waals surface area (Å²) in [6.45, 7) is 2.80. The van der Waals surface area contributed by atoms with Gasteiger partial charge in [-0.25, -0.2) is 4.98 Å². The van der Waals surface area contributed by atoms with Crippen molar-refractivity contribution in [2.45, 2.75) is 39.0 Å². The highest BCUT2D eigenvalue weighted by Crippen LogP contribution is 2.29. The maximum atomic E-state index is 12.1. The molecule has 0 saturated heterocycles. The first kappa shape index (κ1) is 16.7. The molecule has 24 heavy (non-hydrogen) atoms. The molecule has 0 radical (unpaired) electrons. The van der Waals surface area contributed by atoms with Crippen molar-refractivity contribution < 1.29 is 9.53 Å². The van der Waals surface area contributed by atoms with Gasteiger partial charge in [0.05, 0.1) is 12.3 Å². The van der Waals surface area contributed by atoms with Gasteiger partial charge >= 0.3 is 0 Å². The van der Waals surface area contributed by atoms with Gasteiger partial charge in [0, 0.05) is 11.0 Å². The third kappa shape index (κ3) is 4.45. The summed E-state index contributed by atoms with van der Waals surface area (Å²) >= 11 is 1.60. The van der Waals surface area contributed by atoms with Crippen LogP contribution in [0.3, 0.4) is 0 Å². The van der Waals surface area contributed by atoms with Crippen molar-refractivity contribution in [3.05, 3.63) is 46.5 Å². The second-order valence-corrected chi connectivity index (χ2v) is 6.92. The number of nitrogens with zero attached hydrogens (tertiary/aromatic N) is 1. The standard InChI is InChI=1S/C19H22N2O2S/c1-2-13-23-15-10-7-14(8-11-15)9-12-18(22)21-19-20-16-5-3-4-6-17(16)24-19/h7-12H,2-6,13H2,1H3,(H,20,21,22). The van der Waals surface area contributed by atoms with Gasteiger partial charge in [-0.3, -0.25) is 10.1 Å². The number of carbonyl (C=O) groups is 1. The predicted octanol–water partition coefficient (Wildman–Crippen LogP) is 4.46. The number of hydrogen-bond acceptors (Lipinski definition) is 4. The summed E-state index contributed by atoms with van der Waals surface area (Å²) in [5.74, 6) is 0.708. The minimum absolute atomic E-state index is 0.146. The molecule has 126 valence electrons. The zero-order valence-corrected chi connectivity index (χ0v) is 14.7. The molecule has 0 bridgehead atoms. The lowest BCUT2D eigenvalue weighted by atomic mass is 10.0. The molecule has 0 unspecified atom stereocenters. The first-order valence-corrected chi connectivity index (χ1v) is 9.27. The largest absolute Gasteiger partial charge is 0.494 e. The lowest BCUT2D eigenvalue weighted by Gasteiger charge is -2.06. The molecular weight excluding hydrogens is 320 g/mol. The highest BCUT2D eigenvalue weighted by Gasteiger charge is 2.15. The number of benzene rings is 1. The Morgan fingerprint density at radius 3 is 2.83 bits per heavy atom. The normalized spacial score (nSPS) is 13.7. The first-order valence-electron chi connectivity index (χ1n) is 8.45. The number of anilines is 1. The Morgan fingerprint density at radius 2 is 2.08 bits per heavy atom. The third-order valence-corrected chi connectivity index (χ3v) is 4.93. The van der Waals surface area contributed by atoms with Crippen molar-refractivity contribution >= 4 is 28.5 Å². The van der Waals surface area contributed by atoms with Crippen LogP contribution in [-0.4, -0.2) is 17.5 Å². The Hall–Kier alpha value is -2.14. The van der Waals surface area contributed by atoms with E-state index in [0.29, 0.717) is 5.13 Å². The summed E-state index contributed by atoms with van der Waals surface area (Å²) in [5.41, 5.74) is 2.13. The van der Waals surface area contributed by atoms with Crippen LogP contribution in [0.4, 0.5) is 5.13 Å². The van der Waals surface area contributed by atoms with Crippen molar-refractivity contribution in [3.8, 4) is 5.75 Å². The average Bonchev–Trinajstić information content (AvgIpc) is 3.01. The second kappa shape index (κ2) is 8.11. The molecule has 5 heteroatoms. The van der Waals surface area contributed by atoms with Gasteiger partial charge < -0.3 is 4.74 Å². The number of nitrogens with one attached hydrogen (secondary N) is 1. The van der Waals surface area contributed by atoms with E-state index in [2.05, 4.69) is 17.2 Å². The average molecular weight is 342 g/mol. The van der Waals surface area contributed by atoms with Gasteiger partial charge in [-0.05, 0) is 55.9 Å². The van der Waals surface area contributed by atoms with Crippen LogP contribution in [0, 0.1) is 0 Å². The lowest BCUT2D eigenvalue weighted by Crippen LogP contribution is -2.07. The van der Waals surface area contributed by atoms with E-state index in [1.165, 1.54) is 17.7 Å². The maximum Gasteiger partial charge on any atom is 0.250 e. The first-order chi connectivity index (χ1) is 11.7. The third-order valence-electron chi connectivity index (χ3n) is 3.86. The summed E-state index contributed by atoms with van der Waals surface area (Å²) < 4.78 is 5.54. The monoisotopic (exact) mass is 342 g/mol. The Bertz CT molecular complexity index is 696. The van der Waals surface area contributed by atoms with Crippen LogP contribution in [0.15, 0.2) is 30.3 Å². The molecule has 1 aliphatic rings. The van der Waals surface area contributed by atoms with Crippen molar-refractivity contribution in [1.29, 1.82) is 0 Å². The second-order valence-electron chi connectivity index (χ2n) is 5.84. The van der Waals surface area contributed by atoms with Crippen LogP contribution in [-0.2, 0) is 17.6 Å². The molecule has 1 aromatic carbocycles. The fourth-order valence-corrected chi connectivity index (χ4v) is 3.67. The number of thiazole rings is 1. The molecule has 1 aliphatic carbocycles. The fraction of sp³-hybridized carbons (Fsp3) is 0.368. The number of ether oxygens (including phenoxy) is 1. The van der Waals surface area contributed by atoms with E-state index in [1.807, 2.05) is 24.3 Å². The molecule has 1 amide bonds. The van der Waals surface area contributed by atoms with Gasteiger partial charge in [0.25, 0.3) is 0 Å². The summed E-state index contributed by atoms with van der Waals surface area (Å²) in [4.78, 5) is 17.9. The molecule has 0 saturated carbocycles. The fourth-order valence-electron chi connectivity index (χ4n) is 2.62. The maximum absolute atomic E-state index is 12.1. The molecule has 2 aromatic rings. The topological polar surface area (TPSA) is 51.2 Å². The van der Waals surface area contributed by atoms with Crippen molar-refractivity contribution in [1.82, 2.24) is 4.98 Å². The van der Waals surface area contributed by atoms with Gasteiger partial charge in [-0.15, -0.1) is 11.3 Å². The molecule has 3 rings (SSSR count). The number of aromatic nitrogens is 1. The molecule has 0 atom stereocenters. The van der Waals surface area contributed by atoms with Gasteiger partial charge in [0.15, 0.2) is 5.13 Å². The molecule has 1 N–H and O–H groups in total. The van der Waals surface area contributed by atoms with Crippen LogP contribution in [0.5, 0.6) is 5.75 Å². The summed E-state index contributed by atoms with van der Waals surface area (Å²) in [5, 5.41) is 3.57. The van der Waals surface area contributed by atoms with E-state index < -0.39 is 0 Å². The van der Waals surface area contributed by atoms with E-state index in [1.54, 1.807) is 23.5 Å². The lowest BCUT2D eigenvalue weighted by molar-refractivity contribution is -0.111. The van der Waals surface area contributed by atoms with Crippen LogP contribution in [0.1, 0.15) is 42.3 Å². The SMILES string of the molecule is CCCOc1ccc(C=CC(=O)Nc2nc3c(s2)CCCC3)cc1. The zero-order valence-electron chi connectivity index (χ0n) is 13.9. The van der Waals surface area contributed by atoms with E-state index in [0.717, 1.165) is 42.9 Å². The predicted molar refractivity (Wildman–Crippen MR) is 98.6 cm³/mol. The number of carbonyl (C=O) groups excluding carboxylic acids is 1. The number of hydrogen-bond donors (Lipinski definition) is 1. The van der Waals surface area contributed by atoms with E-state index in [4.69, 9.17) is 4.74 Å². The van der Waals surface area contributed by atoms with Crippen molar-refractivity contribution in [2.24, 2.45) is 0 Å². The quantitative estimate of drug-likeness (QED) is 0.788. The molecule has 0 fully saturated rings. The molecule has 4 nitrogen and oxygen atoms in total. The summed E-state index contributed by atoms with van der Waals surface area (Å²) in [7, 11) is 0. The van der Waals surface area contributed by atoms with Crippen molar-refractivity contribution in [3.63, 3.8) is 0 Å². The highest BCUT2D eigenvalue weighted by molar-refractivity contribution is 7.15. The molecular formula is C19H22N2O2S. The minimum atomic E-state index is -0.146. The van der Waals surface area contributed by atoms with Crippen molar-refractivity contribution in [2.75, 3.05) is 11.9 Å². The highest BCUT2D eigenvalue weighted by atomic mass is 32.1. The zero-order chi connectivity index (χ0) is 16.8. The summed E-state index contributed by atoms with van der Waals surface area (Å²) in [6.07, 6.45) is 8.87. The van der Waals surface area contributed by atoms with Crippen LogP contribution < -0.4 is 10.1 Å². The Morgan fingerprint density at radius 1 is 1.29 bits per heavy atom. The number of amides is 1. The van der Waals surface area contributed by atoms with Gasteiger partial charge in [-0.1, -0.05) is 19.1 Å². The van der Waals surface area contributed by atoms with E-state index in [-0.39, 0.29) is 5.91 Å².